The molecule has 2 aromatic carbocycles. The Kier molecular flexibility index (Phi) is 6.15. The molecule has 0 saturated carbocycles. The van der Waals surface area contributed by atoms with Crippen molar-refractivity contribution < 1.29 is 9.53 Å². The second kappa shape index (κ2) is 8.54. The zero-order chi connectivity index (χ0) is 17.6. The molecule has 0 spiro atoms. The summed E-state index contributed by atoms with van der Waals surface area (Å²) in [5.74, 6) is 1.57. The summed E-state index contributed by atoms with van der Waals surface area (Å²) in [4.78, 5) is 19.1. The molecule has 1 heterocycles. The SMILES string of the molecule is Cc1ccccc1N=C1SCCCN1C(=O)COc1cccc(Br)c1. The molecule has 4 nitrogen and oxygen atoms in total. The number of nitrogens with zero attached hydrogens (tertiary/aromatic N) is 2. The molecule has 1 amide bonds. The van der Waals surface area contributed by atoms with Gasteiger partial charge < -0.3 is 4.74 Å². The van der Waals surface area contributed by atoms with Crippen LogP contribution in [0.1, 0.15) is 12.0 Å². The lowest BCUT2D eigenvalue weighted by molar-refractivity contribution is -0.129. The summed E-state index contributed by atoms with van der Waals surface area (Å²) in [6, 6.07) is 15.4. The van der Waals surface area contributed by atoms with Gasteiger partial charge in [-0.1, -0.05) is 52.0 Å². The van der Waals surface area contributed by atoms with Gasteiger partial charge >= 0.3 is 0 Å². The number of thioether (sulfide) groups is 1. The van der Waals surface area contributed by atoms with Gasteiger partial charge in [-0.15, -0.1) is 0 Å². The third kappa shape index (κ3) is 4.86. The van der Waals surface area contributed by atoms with E-state index >= 15 is 0 Å². The van der Waals surface area contributed by atoms with Gasteiger partial charge in [0.25, 0.3) is 5.91 Å². The number of aryl methyl sites for hydroxylation is 1. The van der Waals surface area contributed by atoms with E-state index < -0.39 is 0 Å². The molecule has 3 rings (SSSR count). The van der Waals surface area contributed by atoms with Gasteiger partial charge in [-0.05, 0) is 43.2 Å². The Bertz CT molecular complexity index is 794. The number of ether oxygens (including phenoxy) is 1. The van der Waals surface area contributed by atoms with E-state index in [0.29, 0.717) is 12.3 Å². The fourth-order valence-electron chi connectivity index (χ4n) is 2.46. The average Bonchev–Trinajstić information content (AvgIpc) is 2.62. The van der Waals surface area contributed by atoms with Crippen LogP contribution in [0.2, 0.25) is 0 Å². The fourth-order valence-corrected chi connectivity index (χ4v) is 3.80. The molecule has 0 aliphatic carbocycles. The van der Waals surface area contributed by atoms with E-state index in [4.69, 9.17) is 9.73 Å². The van der Waals surface area contributed by atoms with Crippen LogP contribution in [-0.2, 0) is 4.79 Å². The lowest BCUT2D eigenvalue weighted by Crippen LogP contribution is -2.41. The first-order valence-electron chi connectivity index (χ1n) is 8.09. The van der Waals surface area contributed by atoms with Crippen LogP contribution in [0, 0.1) is 6.92 Å². The Balaban J connectivity index is 1.72. The minimum atomic E-state index is -0.0699. The van der Waals surface area contributed by atoms with E-state index in [-0.39, 0.29) is 12.5 Å². The maximum atomic E-state index is 12.6. The van der Waals surface area contributed by atoms with Gasteiger partial charge in [0, 0.05) is 16.8 Å². The third-order valence-corrected chi connectivity index (χ3v) is 5.34. The van der Waals surface area contributed by atoms with Gasteiger partial charge in [-0.2, -0.15) is 0 Å². The standard InChI is InChI=1S/C19H19BrN2O2S/c1-14-6-2-3-9-17(14)21-19-22(10-5-11-25-19)18(23)13-24-16-8-4-7-15(20)12-16/h2-4,6-9,12H,5,10-11,13H2,1H3. The van der Waals surface area contributed by atoms with Gasteiger partial charge in [0.15, 0.2) is 11.8 Å². The van der Waals surface area contributed by atoms with Crippen molar-refractivity contribution in [3.05, 3.63) is 58.6 Å². The van der Waals surface area contributed by atoms with E-state index in [1.165, 1.54) is 0 Å². The van der Waals surface area contributed by atoms with Crippen LogP contribution in [-0.4, -0.2) is 34.9 Å². The maximum absolute atomic E-state index is 12.6. The molecule has 0 N–H and O–H groups in total. The van der Waals surface area contributed by atoms with E-state index in [9.17, 15) is 4.79 Å². The van der Waals surface area contributed by atoms with Crippen LogP contribution in [0.15, 0.2) is 58.0 Å². The molecule has 25 heavy (non-hydrogen) atoms. The first-order chi connectivity index (χ1) is 12.1. The molecule has 0 radical (unpaired) electrons. The van der Waals surface area contributed by atoms with Gasteiger partial charge in [-0.3, -0.25) is 9.69 Å². The van der Waals surface area contributed by atoms with Crippen LogP contribution >= 0.6 is 27.7 Å². The highest BCUT2D eigenvalue weighted by atomic mass is 79.9. The normalized spacial score (nSPS) is 16.1. The Morgan fingerprint density at radius 1 is 1.28 bits per heavy atom. The molecule has 1 aliphatic rings. The molecule has 1 fully saturated rings. The van der Waals surface area contributed by atoms with E-state index in [0.717, 1.165) is 33.1 Å². The van der Waals surface area contributed by atoms with Crippen LogP contribution < -0.4 is 4.74 Å². The lowest BCUT2D eigenvalue weighted by atomic mass is 10.2. The van der Waals surface area contributed by atoms with E-state index in [1.807, 2.05) is 55.5 Å². The predicted molar refractivity (Wildman–Crippen MR) is 107 cm³/mol. The Morgan fingerprint density at radius 3 is 2.92 bits per heavy atom. The number of para-hydroxylation sites is 1. The van der Waals surface area contributed by atoms with Crippen LogP contribution in [0.25, 0.3) is 0 Å². The lowest BCUT2D eigenvalue weighted by Gasteiger charge is -2.27. The summed E-state index contributed by atoms with van der Waals surface area (Å²) in [7, 11) is 0. The maximum Gasteiger partial charge on any atom is 0.266 e. The zero-order valence-corrected chi connectivity index (χ0v) is 16.3. The molecule has 130 valence electrons. The summed E-state index contributed by atoms with van der Waals surface area (Å²) < 4.78 is 6.56. The summed E-state index contributed by atoms with van der Waals surface area (Å²) in [5.41, 5.74) is 2.00. The van der Waals surface area contributed by atoms with Gasteiger partial charge in [0.1, 0.15) is 5.75 Å². The van der Waals surface area contributed by atoms with Crippen molar-refractivity contribution in [2.24, 2.45) is 4.99 Å². The molecule has 0 unspecified atom stereocenters. The minimum Gasteiger partial charge on any atom is -0.484 e. The average molecular weight is 419 g/mol. The van der Waals surface area contributed by atoms with Crippen molar-refractivity contribution in [2.75, 3.05) is 18.9 Å². The number of aliphatic imine (C=N–C) groups is 1. The number of amides is 1. The van der Waals surface area contributed by atoms with Crippen molar-refractivity contribution in [2.45, 2.75) is 13.3 Å². The minimum absolute atomic E-state index is 0.00377. The number of hydrogen-bond donors (Lipinski definition) is 0. The predicted octanol–water partition coefficient (Wildman–Crippen LogP) is 4.79. The largest absolute Gasteiger partial charge is 0.484 e. The molecule has 0 atom stereocenters. The summed E-state index contributed by atoms with van der Waals surface area (Å²) in [6.07, 6.45) is 0.958. The highest BCUT2D eigenvalue weighted by molar-refractivity contribution is 9.10. The number of rotatable bonds is 4. The fraction of sp³-hybridized carbons (Fsp3) is 0.263. The third-order valence-electron chi connectivity index (χ3n) is 3.78. The second-order valence-electron chi connectivity index (χ2n) is 5.67. The molecular weight excluding hydrogens is 400 g/mol. The number of hydrogen-bond acceptors (Lipinski definition) is 4. The van der Waals surface area contributed by atoms with Gasteiger partial charge in [0.2, 0.25) is 0 Å². The topological polar surface area (TPSA) is 41.9 Å². The number of halogens is 1. The highest BCUT2D eigenvalue weighted by Gasteiger charge is 2.24. The Morgan fingerprint density at radius 2 is 2.12 bits per heavy atom. The second-order valence-corrected chi connectivity index (χ2v) is 7.65. The summed E-state index contributed by atoms with van der Waals surface area (Å²) in [6.45, 7) is 2.71. The molecular formula is C19H19BrN2O2S. The van der Waals surface area contributed by atoms with Crippen molar-refractivity contribution in [1.29, 1.82) is 0 Å². The number of carbonyl (C=O) groups is 1. The zero-order valence-electron chi connectivity index (χ0n) is 13.9. The van der Waals surface area contributed by atoms with Crippen molar-refractivity contribution in [3.8, 4) is 5.75 Å². The number of amidine groups is 1. The molecule has 0 aromatic heterocycles. The molecule has 2 aromatic rings. The van der Waals surface area contributed by atoms with E-state index in [2.05, 4.69) is 15.9 Å². The number of carbonyl (C=O) groups excluding carboxylic acids is 1. The summed E-state index contributed by atoms with van der Waals surface area (Å²) in [5, 5.41) is 0.753. The first kappa shape index (κ1) is 18.0. The smallest absolute Gasteiger partial charge is 0.266 e. The highest BCUT2D eigenvalue weighted by Crippen LogP contribution is 2.25. The van der Waals surface area contributed by atoms with Crippen molar-refractivity contribution in [3.63, 3.8) is 0 Å². The quantitative estimate of drug-likeness (QED) is 0.716. The molecule has 1 aliphatic heterocycles. The monoisotopic (exact) mass is 418 g/mol. The molecule has 0 bridgehead atoms. The molecule has 1 saturated heterocycles. The van der Waals surface area contributed by atoms with Crippen LogP contribution in [0.3, 0.4) is 0 Å². The van der Waals surface area contributed by atoms with Gasteiger partial charge in [-0.25, -0.2) is 4.99 Å². The van der Waals surface area contributed by atoms with Crippen molar-refractivity contribution >= 4 is 44.5 Å². The van der Waals surface area contributed by atoms with Crippen LogP contribution in [0.5, 0.6) is 5.75 Å². The molecule has 6 heteroatoms. The Hall–Kier alpha value is -1.79. The van der Waals surface area contributed by atoms with E-state index in [1.54, 1.807) is 16.7 Å². The Labute approximate surface area is 160 Å². The number of benzene rings is 2. The van der Waals surface area contributed by atoms with Crippen molar-refractivity contribution in [1.82, 2.24) is 4.90 Å². The van der Waals surface area contributed by atoms with Crippen LogP contribution in [0.4, 0.5) is 5.69 Å². The summed E-state index contributed by atoms with van der Waals surface area (Å²) >= 11 is 5.02. The first-order valence-corrected chi connectivity index (χ1v) is 9.87. The van der Waals surface area contributed by atoms with Gasteiger partial charge in [0.05, 0.1) is 5.69 Å².